The molecule has 2 rings (SSSR count). The maximum atomic E-state index is 9.46. The average molecular weight is 254 g/mol. The molecule has 1 aliphatic heterocycles. The quantitative estimate of drug-likeness (QED) is 0.737. The first-order valence-corrected chi connectivity index (χ1v) is 7.89. The van der Waals surface area contributed by atoms with Gasteiger partial charge < -0.3 is 15.3 Å². The summed E-state index contributed by atoms with van der Waals surface area (Å²) >= 11 is 0. The number of piperidine rings is 1. The van der Waals surface area contributed by atoms with Crippen molar-refractivity contribution in [3.05, 3.63) is 0 Å². The molecule has 0 aromatic heterocycles. The summed E-state index contributed by atoms with van der Waals surface area (Å²) in [6, 6.07) is 0.766. The van der Waals surface area contributed by atoms with Crippen molar-refractivity contribution >= 4 is 0 Å². The first kappa shape index (κ1) is 14.3. The van der Waals surface area contributed by atoms with Crippen molar-refractivity contribution in [2.45, 2.75) is 64.0 Å². The van der Waals surface area contributed by atoms with Crippen molar-refractivity contribution in [3.8, 4) is 0 Å². The summed E-state index contributed by atoms with van der Waals surface area (Å²) < 4.78 is 0. The van der Waals surface area contributed by atoms with Gasteiger partial charge in [-0.05, 0) is 51.1 Å². The van der Waals surface area contributed by atoms with Crippen LogP contribution in [-0.2, 0) is 0 Å². The van der Waals surface area contributed by atoms with E-state index < -0.39 is 0 Å². The van der Waals surface area contributed by atoms with Gasteiger partial charge in [-0.1, -0.05) is 19.8 Å². The number of nitrogens with one attached hydrogen (secondary N) is 1. The van der Waals surface area contributed by atoms with Crippen LogP contribution in [-0.4, -0.2) is 48.3 Å². The first-order valence-electron chi connectivity index (χ1n) is 7.89. The van der Waals surface area contributed by atoms with E-state index in [4.69, 9.17) is 0 Å². The van der Waals surface area contributed by atoms with Gasteiger partial charge in [0.15, 0.2) is 0 Å². The van der Waals surface area contributed by atoms with E-state index in [1.54, 1.807) is 0 Å². The highest BCUT2D eigenvalue weighted by Gasteiger charge is 2.20. The van der Waals surface area contributed by atoms with E-state index in [9.17, 15) is 5.11 Å². The predicted octanol–water partition coefficient (Wildman–Crippen LogP) is 2.00. The molecule has 0 bridgehead atoms. The molecule has 106 valence electrons. The van der Waals surface area contributed by atoms with Gasteiger partial charge in [0, 0.05) is 19.1 Å². The molecule has 0 spiro atoms. The van der Waals surface area contributed by atoms with E-state index in [2.05, 4.69) is 17.1 Å². The largest absolute Gasteiger partial charge is 0.393 e. The Morgan fingerprint density at radius 2 is 1.83 bits per heavy atom. The van der Waals surface area contributed by atoms with E-state index in [0.29, 0.717) is 0 Å². The van der Waals surface area contributed by atoms with Crippen LogP contribution in [0.5, 0.6) is 0 Å². The molecule has 2 unspecified atom stereocenters. The molecule has 0 aromatic carbocycles. The molecule has 3 nitrogen and oxygen atoms in total. The lowest BCUT2D eigenvalue weighted by Crippen LogP contribution is -2.40. The van der Waals surface area contributed by atoms with E-state index >= 15 is 0 Å². The Kier molecular flexibility index (Phi) is 5.93. The van der Waals surface area contributed by atoms with Crippen LogP contribution >= 0.6 is 0 Å². The zero-order valence-corrected chi connectivity index (χ0v) is 11.9. The molecule has 18 heavy (non-hydrogen) atoms. The maximum absolute atomic E-state index is 9.46. The monoisotopic (exact) mass is 254 g/mol. The molecule has 3 heteroatoms. The third kappa shape index (κ3) is 4.52. The number of nitrogens with zero attached hydrogens (tertiary/aromatic N) is 1. The van der Waals surface area contributed by atoms with Gasteiger partial charge in [-0.15, -0.1) is 0 Å². The molecule has 1 saturated heterocycles. The van der Waals surface area contributed by atoms with Gasteiger partial charge in [0.2, 0.25) is 0 Å². The summed E-state index contributed by atoms with van der Waals surface area (Å²) in [5.41, 5.74) is 0. The van der Waals surface area contributed by atoms with Crippen LogP contribution in [0, 0.1) is 5.92 Å². The van der Waals surface area contributed by atoms with E-state index in [0.717, 1.165) is 44.4 Å². The minimum absolute atomic E-state index is 0.0394. The third-order valence-corrected chi connectivity index (χ3v) is 4.73. The standard InChI is InChI=1S/C15H30N2O/c1-13-5-2-3-6-15(13)16-9-4-10-17-11-7-14(18)8-12-17/h13-16,18H,2-12H2,1H3. The minimum Gasteiger partial charge on any atom is -0.393 e. The lowest BCUT2D eigenvalue weighted by molar-refractivity contribution is 0.0818. The Labute approximate surface area is 112 Å². The first-order chi connectivity index (χ1) is 8.75. The van der Waals surface area contributed by atoms with Crippen molar-refractivity contribution in [1.82, 2.24) is 10.2 Å². The lowest BCUT2D eigenvalue weighted by atomic mass is 9.86. The molecule has 2 fully saturated rings. The van der Waals surface area contributed by atoms with E-state index in [1.807, 2.05) is 0 Å². The van der Waals surface area contributed by atoms with Crippen molar-refractivity contribution < 1.29 is 5.11 Å². The van der Waals surface area contributed by atoms with Gasteiger partial charge in [0.05, 0.1) is 6.10 Å². The van der Waals surface area contributed by atoms with Crippen molar-refractivity contribution in [3.63, 3.8) is 0 Å². The predicted molar refractivity (Wildman–Crippen MR) is 75.7 cm³/mol. The van der Waals surface area contributed by atoms with Crippen molar-refractivity contribution in [2.75, 3.05) is 26.2 Å². The Hall–Kier alpha value is -0.120. The molecule has 2 N–H and O–H groups in total. The summed E-state index contributed by atoms with van der Waals surface area (Å²) in [4.78, 5) is 2.50. The van der Waals surface area contributed by atoms with Gasteiger partial charge >= 0.3 is 0 Å². The van der Waals surface area contributed by atoms with Gasteiger partial charge in [-0.25, -0.2) is 0 Å². The van der Waals surface area contributed by atoms with Gasteiger partial charge in [0.25, 0.3) is 0 Å². The number of likely N-dealkylation sites (tertiary alicyclic amines) is 1. The van der Waals surface area contributed by atoms with Gasteiger partial charge in [-0.3, -0.25) is 0 Å². The summed E-state index contributed by atoms with van der Waals surface area (Å²) in [6.07, 6.45) is 8.75. The SMILES string of the molecule is CC1CCCCC1NCCCN1CCC(O)CC1. The molecule has 2 aliphatic rings. The topological polar surface area (TPSA) is 35.5 Å². The van der Waals surface area contributed by atoms with Crippen LogP contribution in [0.2, 0.25) is 0 Å². The second kappa shape index (κ2) is 7.46. The Balaban J connectivity index is 1.53. The second-order valence-corrected chi connectivity index (χ2v) is 6.25. The Bertz CT molecular complexity index is 227. The molecule has 0 radical (unpaired) electrons. The lowest BCUT2D eigenvalue weighted by Gasteiger charge is -2.31. The fourth-order valence-electron chi connectivity index (χ4n) is 3.35. The number of rotatable bonds is 5. The maximum Gasteiger partial charge on any atom is 0.0564 e. The van der Waals surface area contributed by atoms with Crippen molar-refractivity contribution in [1.29, 1.82) is 0 Å². The van der Waals surface area contributed by atoms with Crippen LogP contribution < -0.4 is 5.32 Å². The van der Waals surface area contributed by atoms with E-state index in [1.165, 1.54) is 38.6 Å². The second-order valence-electron chi connectivity index (χ2n) is 6.25. The smallest absolute Gasteiger partial charge is 0.0564 e. The van der Waals surface area contributed by atoms with Crippen LogP contribution in [0.25, 0.3) is 0 Å². The normalized spacial score (nSPS) is 31.7. The Morgan fingerprint density at radius 1 is 1.11 bits per heavy atom. The molecule has 1 aliphatic carbocycles. The van der Waals surface area contributed by atoms with Crippen LogP contribution in [0.3, 0.4) is 0 Å². The number of hydrogen-bond acceptors (Lipinski definition) is 3. The number of aliphatic hydroxyl groups excluding tert-OH is 1. The van der Waals surface area contributed by atoms with Gasteiger partial charge in [0.1, 0.15) is 0 Å². The van der Waals surface area contributed by atoms with Crippen LogP contribution in [0.4, 0.5) is 0 Å². The third-order valence-electron chi connectivity index (χ3n) is 4.73. The number of hydrogen-bond donors (Lipinski definition) is 2. The summed E-state index contributed by atoms with van der Waals surface area (Å²) in [7, 11) is 0. The van der Waals surface area contributed by atoms with Crippen molar-refractivity contribution in [2.24, 2.45) is 5.92 Å². The molecule has 0 amide bonds. The number of aliphatic hydroxyl groups is 1. The highest BCUT2D eigenvalue weighted by atomic mass is 16.3. The highest BCUT2D eigenvalue weighted by molar-refractivity contribution is 4.78. The highest BCUT2D eigenvalue weighted by Crippen LogP contribution is 2.23. The fraction of sp³-hybridized carbons (Fsp3) is 1.00. The zero-order valence-electron chi connectivity index (χ0n) is 11.9. The zero-order chi connectivity index (χ0) is 12.8. The Morgan fingerprint density at radius 3 is 2.56 bits per heavy atom. The summed E-state index contributed by atoms with van der Waals surface area (Å²) in [5, 5.41) is 13.2. The molecule has 2 atom stereocenters. The molecule has 1 heterocycles. The molecule has 1 saturated carbocycles. The average Bonchev–Trinajstić information content (AvgIpc) is 2.39. The van der Waals surface area contributed by atoms with Crippen LogP contribution in [0.1, 0.15) is 51.9 Å². The van der Waals surface area contributed by atoms with Gasteiger partial charge in [-0.2, -0.15) is 0 Å². The molecular formula is C15H30N2O. The minimum atomic E-state index is -0.0394. The molecular weight excluding hydrogens is 224 g/mol. The van der Waals surface area contributed by atoms with Crippen LogP contribution in [0.15, 0.2) is 0 Å². The summed E-state index contributed by atoms with van der Waals surface area (Å²) in [5.74, 6) is 0.865. The summed E-state index contributed by atoms with van der Waals surface area (Å²) in [6.45, 7) is 6.92. The van der Waals surface area contributed by atoms with E-state index in [-0.39, 0.29) is 6.10 Å². The molecule has 0 aromatic rings. The fourth-order valence-corrected chi connectivity index (χ4v) is 3.35.